The molecule has 5 heteroatoms. The molecule has 3 rings (SSSR count). The Morgan fingerprint density at radius 2 is 1.71 bits per heavy atom. The minimum absolute atomic E-state index is 0. The first-order valence-electron chi connectivity index (χ1n) is 8.04. The molecule has 2 aromatic carbocycles. The van der Waals surface area contributed by atoms with Crippen molar-refractivity contribution in [3.05, 3.63) is 70.5 Å². The normalized spacial score (nSPS) is 13.2. The topological polar surface area (TPSA) is 36.4 Å². The highest BCUT2D eigenvalue weighted by Gasteiger charge is 2.10. The van der Waals surface area contributed by atoms with E-state index in [0.29, 0.717) is 6.54 Å². The standard InChI is InChI=1S/C19H22FN3.HI/c1-21-19(22-12-14-4-2-7-18(20)11-14)23-13-15-8-9-16-5-3-6-17(16)10-15;/h2,4,7-11H,3,5-6,12-13H2,1H3,(H2,21,22,23);1H. The second kappa shape index (κ2) is 9.01. The second-order valence-corrected chi connectivity index (χ2v) is 5.87. The monoisotopic (exact) mass is 439 g/mol. The SMILES string of the molecule is CN=C(NCc1cccc(F)c1)NCc1ccc2c(c1)CCC2.I. The predicted octanol–water partition coefficient (Wildman–Crippen LogP) is 3.80. The fraction of sp³-hybridized carbons (Fsp3) is 0.316. The molecule has 3 nitrogen and oxygen atoms in total. The third-order valence-corrected chi connectivity index (χ3v) is 4.20. The van der Waals surface area contributed by atoms with Crippen molar-refractivity contribution in [2.45, 2.75) is 32.4 Å². The van der Waals surface area contributed by atoms with Gasteiger partial charge in [0.25, 0.3) is 0 Å². The number of hydrogen-bond donors (Lipinski definition) is 2. The maximum absolute atomic E-state index is 13.2. The van der Waals surface area contributed by atoms with Gasteiger partial charge in [0.1, 0.15) is 5.82 Å². The zero-order valence-electron chi connectivity index (χ0n) is 13.8. The molecule has 0 aliphatic heterocycles. The molecule has 128 valence electrons. The van der Waals surface area contributed by atoms with Crippen LogP contribution in [-0.4, -0.2) is 13.0 Å². The molecule has 0 radical (unpaired) electrons. The third-order valence-electron chi connectivity index (χ3n) is 4.20. The van der Waals surface area contributed by atoms with E-state index in [-0.39, 0.29) is 29.8 Å². The predicted molar refractivity (Wildman–Crippen MR) is 107 cm³/mol. The number of halogens is 2. The fourth-order valence-electron chi connectivity index (χ4n) is 2.97. The summed E-state index contributed by atoms with van der Waals surface area (Å²) < 4.78 is 13.2. The maximum Gasteiger partial charge on any atom is 0.191 e. The summed E-state index contributed by atoms with van der Waals surface area (Å²) in [6, 6.07) is 13.3. The van der Waals surface area contributed by atoms with Gasteiger partial charge in [-0.05, 0) is 53.6 Å². The van der Waals surface area contributed by atoms with Crippen LogP contribution in [0.2, 0.25) is 0 Å². The zero-order valence-corrected chi connectivity index (χ0v) is 16.1. The van der Waals surface area contributed by atoms with E-state index >= 15 is 0 Å². The van der Waals surface area contributed by atoms with E-state index in [9.17, 15) is 4.39 Å². The van der Waals surface area contributed by atoms with Crippen LogP contribution < -0.4 is 10.6 Å². The van der Waals surface area contributed by atoms with Crippen molar-refractivity contribution in [2.75, 3.05) is 7.05 Å². The van der Waals surface area contributed by atoms with E-state index in [1.165, 1.54) is 48.1 Å². The van der Waals surface area contributed by atoms with Crippen LogP contribution >= 0.6 is 24.0 Å². The molecule has 0 bridgehead atoms. The Kier molecular flexibility index (Phi) is 7.02. The van der Waals surface area contributed by atoms with Crippen LogP contribution in [0.15, 0.2) is 47.5 Å². The molecule has 0 amide bonds. The number of nitrogens with zero attached hydrogens (tertiary/aromatic N) is 1. The van der Waals surface area contributed by atoms with Crippen LogP contribution in [-0.2, 0) is 25.9 Å². The summed E-state index contributed by atoms with van der Waals surface area (Å²) in [5, 5.41) is 6.51. The molecule has 0 heterocycles. The summed E-state index contributed by atoms with van der Waals surface area (Å²) in [6.07, 6.45) is 3.67. The minimum Gasteiger partial charge on any atom is -0.352 e. The van der Waals surface area contributed by atoms with Crippen molar-refractivity contribution in [3.8, 4) is 0 Å². The van der Waals surface area contributed by atoms with E-state index < -0.39 is 0 Å². The Bertz CT molecular complexity index is 716. The van der Waals surface area contributed by atoms with Gasteiger partial charge in [0.15, 0.2) is 5.96 Å². The van der Waals surface area contributed by atoms with Gasteiger partial charge in [0.05, 0.1) is 0 Å². The van der Waals surface area contributed by atoms with E-state index in [1.54, 1.807) is 13.1 Å². The van der Waals surface area contributed by atoms with Crippen molar-refractivity contribution in [1.29, 1.82) is 0 Å². The Morgan fingerprint density at radius 3 is 2.42 bits per heavy atom. The van der Waals surface area contributed by atoms with Crippen LogP contribution in [0.4, 0.5) is 4.39 Å². The van der Waals surface area contributed by atoms with Gasteiger partial charge >= 0.3 is 0 Å². The van der Waals surface area contributed by atoms with Gasteiger partial charge in [0.2, 0.25) is 0 Å². The zero-order chi connectivity index (χ0) is 16.1. The van der Waals surface area contributed by atoms with Crippen molar-refractivity contribution in [1.82, 2.24) is 10.6 Å². The van der Waals surface area contributed by atoms with Gasteiger partial charge in [-0.15, -0.1) is 24.0 Å². The van der Waals surface area contributed by atoms with Crippen LogP contribution in [0.5, 0.6) is 0 Å². The lowest BCUT2D eigenvalue weighted by molar-refractivity contribution is 0.624. The van der Waals surface area contributed by atoms with E-state index in [0.717, 1.165) is 18.1 Å². The molecule has 0 unspecified atom stereocenters. The first-order valence-corrected chi connectivity index (χ1v) is 8.04. The number of guanidine groups is 1. The van der Waals surface area contributed by atoms with Crippen molar-refractivity contribution >= 4 is 29.9 Å². The summed E-state index contributed by atoms with van der Waals surface area (Å²) in [7, 11) is 1.74. The van der Waals surface area contributed by atoms with Crippen molar-refractivity contribution < 1.29 is 4.39 Å². The molecular formula is C19H23FIN3. The number of fused-ring (bicyclic) bond motifs is 1. The molecule has 0 atom stereocenters. The number of aryl methyl sites for hydroxylation is 2. The molecule has 24 heavy (non-hydrogen) atoms. The van der Waals surface area contributed by atoms with E-state index in [2.05, 4.69) is 33.8 Å². The first kappa shape index (κ1) is 18.7. The van der Waals surface area contributed by atoms with Gasteiger partial charge in [-0.3, -0.25) is 4.99 Å². The third kappa shape index (κ3) is 4.93. The molecule has 2 aromatic rings. The molecule has 0 saturated heterocycles. The van der Waals surface area contributed by atoms with Crippen LogP contribution in [0.25, 0.3) is 0 Å². The van der Waals surface area contributed by atoms with E-state index in [4.69, 9.17) is 0 Å². The van der Waals surface area contributed by atoms with Crippen molar-refractivity contribution in [2.24, 2.45) is 4.99 Å². The van der Waals surface area contributed by atoms with Crippen LogP contribution in [0, 0.1) is 5.82 Å². The quantitative estimate of drug-likeness (QED) is 0.432. The van der Waals surface area contributed by atoms with Gasteiger partial charge in [0, 0.05) is 20.1 Å². The Hall–Kier alpha value is -1.63. The van der Waals surface area contributed by atoms with Gasteiger partial charge in [-0.25, -0.2) is 4.39 Å². The molecule has 1 aliphatic carbocycles. The van der Waals surface area contributed by atoms with Gasteiger partial charge < -0.3 is 10.6 Å². The highest BCUT2D eigenvalue weighted by molar-refractivity contribution is 14.0. The summed E-state index contributed by atoms with van der Waals surface area (Å²) in [5.41, 5.74) is 5.12. The lowest BCUT2D eigenvalue weighted by Crippen LogP contribution is -2.36. The maximum atomic E-state index is 13.2. The Labute approximate surface area is 159 Å². The molecule has 0 saturated carbocycles. The lowest BCUT2D eigenvalue weighted by atomic mass is 10.1. The number of rotatable bonds is 4. The Balaban J connectivity index is 0.00000208. The van der Waals surface area contributed by atoms with Crippen LogP contribution in [0.3, 0.4) is 0 Å². The van der Waals surface area contributed by atoms with Crippen molar-refractivity contribution in [3.63, 3.8) is 0 Å². The number of aliphatic imine (C=N–C) groups is 1. The largest absolute Gasteiger partial charge is 0.352 e. The molecule has 0 aromatic heterocycles. The molecule has 1 aliphatic rings. The fourth-order valence-corrected chi connectivity index (χ4v) is 2.97. The second-order valence-electron chi connectivity index (χ2n) is 5.87. The summed E-state index contributed by atoms with van der Waals surface area (Å²) >= 11 is 0. The smallest absolute Gasteiger partial charge is 0.191 e. The highest BCUT2D eigenvalue weighted by Crippen LogP contribution is 2.22. The number of nitrogens with one attached hydrogen (secondary N) is 2. The minimum atomic E-state index is -0.217. The molecule has 2 N–H and O–H groups in total. The molecule has 0 spiro atoms. The molecule has 0 fully saturated rings. The Morgan fingerprint density at radius 1 is 1.00 bits per heavy atom. The lowest BCUT2D eigenvalue weighted by Gasteiger charge is -2.13. The summed E-state index contributed by atoms with van der Waals surface area (Å²) in [6.45, 7) is 1.28. The van der Waals surface area contributed by atoms with E-state index in [1.807, 2.05) is 6.07 Å². The highest BCUT2D eigenvalue weighted by atomic mass is 127. The summed E-state index contributed by atoms with van der Waals surface area (Å²) in [5.74, 6) is 0.500. The average molecular weight is 439 g/mol. The summed E-state index contributed by atoms with van der Waals surface area (Å²) in [4.78, 5) is 4.21. The van der Waals surface area contributed by atoms with Gasteiger partial charge in [-0.1, -0.05) is 30.3 Å². The number of benzene rings is 2. The molecular weight excluding hydrogens is 416 g/mol. The first-order chi connectivity index (χ1) is 11.2. The van der Waals surface area contributed by atoms with Crippen LogP contribution in [0.1, 0.15) is 28.7 Å². The van der Waals surface area contributed by atoms with Gasteiger partial charge in [-0.2, -0.15) is 0 Å². The average Bonchev–Trinajstić information content (AvgIpc) is 3.03. The number of hydrogen-bond acceptors (Lipinski definition) is 1.